The van der Waals surface area contributed by atoms with Gasteiger partial charge in [-0.2, -0.15) is 0 Å². The second-order valence-electron chi connectivity index (χ2n) is 8.67. The van der Waals surface area contributed by atoms with Gasteiger partial charge in [0.1, 0.15) is 23.7 Å². The summed E-state index contributed by atoms with van der Waals surface area (Å²) >= 11 is 0. The third kappa shape index (κ3) is 3.39. The summed E-state index contributed by atoms with van der Waals surface area (Å²) in [5, 5.41) is 12.6. The number of nitrogens with one attached hydrogen (secondary N) is 1. The van der Waals surface area contributed by atoms with Crippen LogP contribution in [0.2, 0.25) is 0 Å². The molecule has 0 unspecified atom stereocenters. The number of carbonyl (C=O) groups is 3. The highest BCUT2D eigenvalue weighted by molar-refractivity contribution is 5.99. The molecule has 5 rings (SSSR count). The van der Waals surface area contributed by atoms with Crippen molar-refractivity contribution < 1.29 is 23.9 Å². The van der Waals surface area contributed by atoms with E-state index in [1.807, 2.05) is 0 Å². The number of halogens is 1. The van der Waals surface area contributed by atoms with Gasteiger partial charge in [-0.1, -0.05) is 24.3 Å². The van der Waals surface area contributed by atoms with Gasteiger partial charge in [0, 0.05) is 13.1 Å². The van der Waals surface area contributed by atoms with Crippen molar-refractivity contribution in [1.82, 2.24) is 15.1 Å². The van der Waals surface area contributed by atoms with Crippen LogP contribution < -0.4 is 5.32 Å². The van der Waals surface area contributed by atoms with Gasteiger partial charge in [0.25, 0.3) is 0 Å². The van der Waals surface area contributed by atoms with Crippen LogP contribution in [-0.2, 0) is 20.9 Å². The van der Waals surface area contributed by atoms with Crippen molar-refractivity contribution in [3.8, 4) is 5.75 Å². The zero-order valence-electron chi connectivity index (χ0n) is 17.4. The molecule has 32 heavy (non-hydrogen) atoms. The normalized spacial score (nSPS) is 26.8. The average molecular weight is 437 g/mol. The van der Waals surface area contributed by atoms with Gasteiger partial charge in [-0.25, -0.2) is 4.39 Å². The van der Waals surface area contributed by atoms with Gasteiger partial charge in [-0.3, -0.25) is 14.4 Å². The highest BCUT2D eigenvalue weighted by Crippen LogP contribution is 2.46. The van der Waals surface area contributed by atoms with E-state index in [0.717, 1.165) is 12.0 Å². The van der Waals surface area contributed by atoms with Crippen molar-refractivity contribution in [3.63, 3.8) is 0 Å². The van der Waals surface area contributed by atoms with E-state index in [4.69, 9.17) is 0 Å². The lowest BCUT2D eigenvalue weighted by Crippen LogP contribution is -2.60. The number of phenols is 1. The summed E-state index contributed by atoms with van der Waals surface area (Å²) in [6, 6.07) is 10.6. The molecule has 0 radical (unpaired) electrons. The van der Waals surface area contributed by atoms with Crippen LogP contribution in [0.15, 0.2) is 48.5 Å². The fraction of sp³-hybridized carbons (Fsp3) is 0.375. The van der Waals surface area contributed by atoms with E-state index in [1.165, 1.54) is 24.3 Å². The van der Waals surface area contributed by atoms with E-state index in [9.17, 15) is 23.9 Å². The first-order chi connectivity index (χ1) is 15.4. The molecule has 2 aromatic carbocycles. The predicted octanol–water partition coefficient (Wildman–Crippen LogP) is 2.11. The summed E-state index contributed by atoms with van der Waals surface area (Å²) < 4.78 is 13.2. The summed E-state index contributed by atoms with van der Waals surface area (Å²) in [5.41, 5.74) is 1.46. The molecule has 2 N–H and O–H groups in total. The summed E-state index contributed by atoms with van der Waals surface area (Å²) in [5.74, 6) is -1.34. The molecule has 3 aliphatic heterocycles. The summed E-state index contributed by atoms with van der Waals surface area (Å²) in [7, 11) is 0. The van der Waals surface area contributed by atoms with Gasteiger partial charge in [0.05, 0.1) is 12.0 Å². The molecular weight excluding hydrogens is 413 g/mol. The summed E-state index contributed by atoms with van der Waals surface area (Å²) in [6.07, 6.45) is 1.68. The number of fused-ring (bicyclic) bond motifs is 2. The molecule has 3 aliphatic rings. The summed E-state index contributed by atoms with van der Waals surface area (Å²) in [4.78, 5) is 43.1. The van der Waals surface area contributed by atoms with Crippen LogP contribution in [0.3, 0.4) is 0 Å². The average Bonchev–Trinajstić information content (AvgIpc) is 3.44. The first-order valence-corrected chi connectivity index (χ1v) is 10.9. The maximum absolute atomic E-state index is 13.4. The highest BCUT2D eigenvalue weighted by atomic mass is 19.1. The number of carbonyl (C=O) groups excluding carboxylic acids is 3. The third-order valence-corrected chi connectivity index (χ3v) is 6.81. The van der Waals surface area contributed by atoms with E-state index < -0.39 is 24.0 Å². The Morgan fingerprint density at radius 2 is 1.75 bits per heavy atom. The van der Waals surface area contributed by atoms with Gasteiger partial charge in [-0.05, 0) is 54.7 Å². The van der Waals surface area contributed by atoms with Crippen LogP contribution in [0.25, 0.3) is 0 Å². The Morgan fingerprint density at radius 3 is 2.47 bits per heavy atom. The molecule has 0 aromatic heterocycles. The van der Waals surface area contributed by atoms with Crippen LogP contribution in [0.1, 0.15) is 36.4 Å². The predicted molar refractivity (Wildman–Crippen MR) is 113 cm³/mol. The fourth-order valence-corrected chi connectivity index (χ4v) is 5.27. The second kappa shape index (κ2) is 7.93. The second-order valence-corrected chi connectivity index (χ2v) is 8.67. The quantitative estimate of drug-likeness (QED) is 0.767. The molecule has 0 aliphatic carbocycles. The molecule has 0 bridgehead atoms. The zero-order chi connectivity index (χ0) is 22.4. The van der Waals surface area contributed by atoms with Crippen LogP contribution in [-0.4, -0.2) is 51.3 Å². The number of phenolic OH excluding ortho intramolecular Hbond substituents is 1. The maximum atomic E-state index is 13.4. The fourth-order valence-electron chi connectivity index (χ4n) is 5.27. The van der Waals surface area contributed by atoms with E-state index in [2.05, 4.69) is 5.32 Å². The molecule has 0 saturated carbocycles. The molecule has 7 nitrogen and oxygen atoms in total. The lowest BCUT2D eigenvalue weighted by Gasteiger charge is -2.41. The Hall–Kier alpha value is -3.42. The van der Waals surface area contributed by atoms with Crippen molar-refractivity contribution in [2.24, 2.45) is 5.92 Å². The topological polar surface area (TPSA) is 90.0 Å². The molecule has 4 atom stereocenters. The minimum Gasteiger partial charge on any atom is -0.508 e. The molecule has 8 heteroatoms. The first kappa shape index (κ1) is 20.5. The lowest BCUT2D eigenvalue weighted by molar-refractivity contribution is -0.159. The van der Waals surface area contributed by atoms with Crippen molar-refractivity contribution in [1.29, 1.82) is 0 Å². The largest absolute Gasteiger partial charge is 0.508 e. The summed E-state index contributed by atoms with van der Waals surface area (Å²) in [6.45, 7) is 0.796. The maximum Gasteiger partial charge on any atom is 0.246 e. The van der Waals surface area contributed by atoms with Crippen LogP contribution >= 0.6 is 0 Å². The Balaban J connectivity index is 1.44. The number of rotatable bonds is 4. The molecule has 3 amide bonds. The Bertz CT molecular complexity index is 1060. The number of amides is 3. The van der Waals surface area contributed by atoms with Gasteiger partial charge in [-0.15, -0.1) is 0 Å². The van der Waals surface area contributed by atoms with Crippen LogP contribution in [0.5, 0.6) is 5.75 Å². The van der Waals surface area contributed by atoms with E-state index in [0.29, 0.717) is 18.5 Å². The number of hydrogen-bond donors (Lipinski definition) is 2. The van der Waals surface area contributed by atoms with Crippen molar-refractivity contribution in [2.75, 3.05) is 6.54 Å². The third-order valence-electron chi connectivity index (χ3n) is 6.81. The highest BCUT2D eigenvalue weighted by Gasteiger charge is 2.57. The molecule has 166 valence electrons. The van der Waals surface area contributed by atoms with Crippen LogP contribution in [0.4, 0.5) is 4.39 Å². The Kier molecular flexibility index (Phi) is 5.07. The smallest absolute Gasteiger partial charge is 0.246 e. The van der Waals surface area contributed by atoms with Crippen molar-refractivity contribution >= 4 is 17.7 Å². The Morgan fingerprint density at radius 1 is 1.03 bits per heavy atom. The molecule has 3 fully saturated rings. The first-order valence-electron chi connectivity index (χ1n) is 10.9. The van der Waals surface area contributed by atoms with E-state index >= 15 is 0 Å². The molecule has 0 spiro atoms. The zero-order valence-corrected chi connectivity index (χ0v) is 17.4. The van der Waals surface area contributed by atoms with Crippen molar-refractivity contribution in [2.45, 2.75) is 43.9 Å². The lowest BCUT2D eigenvalue weighted by atomic mass is 9.92. The van der Waals surface area contributed by atoms with Crippen LogP contribution in [0, 0.1) is 11.7 Å². The number of piperazine rings is 1. The molecule has 2 aromatic rings. The standard InChI is InChI=1S/C24H24FN3O4/c25-16-7-3-14(4-8-16)13-26-22(30)18-12-20-23(31)27-11-1-2-19(27)24(32)28(20)21(18)15-5-9-17(29)10-6-15/h3-10,18-21,29H,1-2,11-13H2,(H,26,30)/t18-,19+,20-,21-/m1/s1. The number of aromatic hydroxyl groups is 1. The Labute approximate surface area is 184 Å². The van der Waals surface area contributed by atoms with E-state index in [1.54, 1.807) is 34.1 Å². The van der Waals surface area contributed by atoms with Crippen molar-refractivity contribution in [3.05, 3.63) is 65.5 Å². The number of nitrogens with zero attached hydrogens (tertiary/aromatic N) is 2. The molecular formula is C24H24FN3O4. The van der Waals surface area contributed by atoms with Gasteiger partial charge in [0.15, 0.2) is 0 Å². The van der Waals surface area contributed by atoms with Gasteiger partial charge in [0.2, 0.25) is 17.7 Å². The SMILES string of the molecule is O=C(NCc1ccc(F)cc1)[C@@H]1C[C@@H]2C(=O)N3CCC[C@H]3C(=O)N2[C@@H]1c1ccc(O)cc1. The minimum absolute atomic E-state index is 0.0867. The molecule has 3 saturated heterocycles. The van der Waals surface area contributed by atoms with Gasteiger partial charge < -0.3 is 20.2 Å². The van der Waals surface area contributed by atoms with E-state index in [-0.39, 0.29) is 42.3 Å². The minimum atomic E-state index is -0.669. The number of benzene rings is 2. The van der Waals surface area contributed by atoms with Gasteiger partial charge >= 0.3 is 0 Å². The molecule has 3 heterocycles. The monoisotopic (exact) mass is 437 g/mol. The number of hydrogen-bond acceptors (Lipinski definition) is 4.